The minimum Gasteiger partial charge on any atom is -0.506 e. The molecule has 9 rings (SSSR count). The van der Waals surface area contributed by atoms with Crippen LogP contribution < -0.4 is 9.47 Å². The van der Waals surface area contributed by atoms with Gasteiger partial charge in [0.05, 0.1) is 44.4 Å². The van der Waals surface area contributed by atoms with Crippen LogP contribution in [-0.4, -0.2) is 111 Å². The van der Waals surface area contributed by atoms with Crippen molar-refractivity contribution in [3.8, 4) is 29.3 Å². The second-order valence-electron chi connectivity index (χ2n) is 16.7. The molecule has 1 aliphatic carbocycles. The highest BCUT2D eigenvalue weighted by atomic mass is 16.7. The minimum absolute atomic E-state index is 0.0202. The summed E-state index contributed by atoms with van der Waals surface area (Å²) >= 11 is 0. The van der Waals surface area contributed by atoms with Crippen LogP contribution in [-0.2, 0) is 40.2 Å². The first-order valence-electron chi connectivity index (χ1n) is 21.2. The minimum atomic E-state index is -2.44. The summed E-state index contributed by atoms with van der Waals surface area (Å²) in [4.78, 5) is 33.0. The van der Waals surface area contributed by atoms with E-state index in [1.807, 2.05) is 36.5 Å². The van der Waals surface area contributed by atoms with Gasteiger partial charge in [0.15, 0.2) is 17.5 Å². The number of carbonyl (C=O) groups excluding carboxylic acids is 2. The molecule has 62 heavy (non-hydrogen) atoms. The molecule has 4 aromatic carbocycles. The summed E-state index contributed by atoms with van der Waals surface area (Å²) < 4.78 is 30.6. The highest BCUT2D eigenvalue weighted by molar-refractivity contribution is 6.11. The van der Waals surface area contributed by atoms with Gasteiger partial charge in [-0.15, -0.1) is 0 Å². The van der Waals surface area contributed by atoms with Crippen molar-refractivity contribution in [1.29, 1.82) is 0 Å². The molecular weight excluding hydrogens is 797 g/mol. The number of nitrogens with zero attached hydrogens (tertiary/aromatic N) is 1. The molecule has 5 aromatic rings. The summed E-state index contributed by atoms with van der Waals surface area (Å²) in [6.45, 7) is -1.13. The number of ether oxygens (including phenoxy) is 5. The fourth-order valence-corrected chi connectivity index (χ4v) is 9.55. The van der Waals surface area contributed by atoms with Crippen LogP contribution in [0, 0.1) is 12.0 Å². The van der Waals surface area contributed by atoms with Crippen molar-refractivity contribution in [3.63, 3.8) is 0 Å². The van der Waals surface area contributed by atoms with Crippen LogP contribution in [0.4, 0.5) is 0 Å². The largest absolute Gasteiger partial charge is 0.506 e. The van der Waals surface area contributed by atoms with Gasteiger partial charge in [-0.25, -0.2) is 0 Å². The van der Waals surface area contributed by atoms with E-state index >= 15 is 0 Å². The Hall–Kier alpha value is -5.66. The molecule has 4 aliphatic rings. The van der Waals surface area contributed by atoms with E-state index in [0.717, 1.165) is 53.3 Å². The number of nitrogens with one attached hydrogen (secondary N) is 1. The molecule has 6 N–H and O–H groups in total. The van der Waals surface area contributed by atoms with Crippen molar-refractivity contribution in [2.24, 2.45) is 0 Å². The van der Waals surface area contributed by atoms with Crippen molar-refractivity contribution in [2.45, 2.75) is 94.2 Å². The molecule has 0 radical (unpaired) electrons. The zero-order chi connectivity index (χ0) is 43.1. The van der Waals surface area contributed by atoms with Gasteiger partial charge in [0.25, 0.3) is 5.91 Å². The number of aromatic hydroxyl groups is 1. The molecule has 2 fully saturated rings. The third kappa shape index (κ3) is 7.52. The van der Waals surface area contributed by atoms with E-state index in [4.69, 9.17) is 23.7 Å². The van der Waals surface area contributed by atoms with Crippen molar-refractivity contribution < 1.29 is 58.8 Å². The van der Waals surface area contributed by atoms with Crippen molar-refractivity contribution in [3.05, 3.63) is 99.7 Å². The van der Waals surface area contributed by atoms with Crippen LogP contribution in [0.15, 0.2) is 60.8 Å². The van der Waals surface area contributed by atoms with Crippen LogP contribution in [0.25, 0.3) is 21.7 Å². The van der Waals surface area contributed by atoms with Gasteiger partial charge in [0.1, 0.15) is 35.6 Å². The number of phenolic OH excluding ortho intramolecular Hbond substituents is 1. The lowest BCUT2D eigenvalue weighted by Gasteiger charge is -2.47. The van der Waals surface area contributed by atoms with Gasteiger partial charge < -0.3 is 59.1 Å². The molecule has 5 atom stereocenters. The molecule has 4 heterocycles. The number of hydrogen-bond donors (Lipinski definition) is 6. The topological polar surface area (TPSA) is 200 Å². The van der Waals surface area contributed by atoms with E-state index < -0.39 is 42.6 Å². The van der Waals surface area contributed by atoms with E-state index in [0.29, 0.717) is 40.7 Å². The number of aromatic nitrogens is 1. The molecular formula is C48H50N2O12. The Balaban J connectivity index is 1.12. The SMILES string of the molecule is COc1cc2c3c(O)c(c(C4CCCC4)cc3c1)C(=O)CN1Cc3c(cccc3C1=O)CC#COC1C(O)C(COCc3c[nH]c4ccc(CCCO)cc34)OC(O2)C1(O)CO. The molecule has 1 aromatic heterocycles. The fourth-order valence-electron chi connectivity index (χ4n) is 9.55. The molecule has 1 saturated heterocycles. The smallest absolute Gasteiger partial charge is 0.254 e. The van der Waals surface area contributed by atoms with E-state index in [2.05, 4.69) is 17.0 Å². The summed E-state index contributed by atoms with van der Waals surface area (Å²) in [7, 11) is 1.47. The monoisotopic (exact) mass is 846 g/mol. The molecule has 3 aliphatic heterocycles. The highest BCUT2D eigenvalue weighted by Crippen LogP contribution is 2.47. The summed E-state index contributed by atoms with van der Waals surface area (Å²) in [6, 6.07) is 16.4. The van der Waals surface area contributed by atoms with Crippen LogP contribution >= 0.6 is 0 Å². The van der Waals surface area contributed by atoms with E-state index in [9.17, 15) is 35.1 Å². The summed E-state index contributed by atoms with van der Waals surface area (Å²) in [5, 5.41) is 58.3. The summed E-state index contributed by atoms with van der Waals surface area (Å²) in [6.07, 6.45) is 3.33. The second kappa shape index (κ2) is 17.2. The lowest BCUT2D eigenvalue weighted by Crippen LogP contribution is -2.70. The van der Waals surface area contributed by atoms with Gasteiger partial charge in [-0.3, -0.25) is 9.59 Å². The number of benzene rings is 4. The Labute approximate surface area is 357 Å². The predicted octanol–water partition coefficient (Wildman–Crippen LogP) is 4.76. The van der Waals surface area contributed by atoms with E-state index in [1.165, 1.54) is 18.1 Å². The maximum absolute atomic E-state index is 14.6. The first-order valence-corrected chi connectivity index (χ1v) is 21.2. The van der Waals surface area contributed by atoms with Gasteiger partial charge in [0.2, 0.25) is 6.29 Å². The number of fused-ring (bicyclic) bond motifs is 5. The molecule has 5 unspecified atom stereocenters. The fraction of sp³-hybridized carbons (Fsp3) is 0.417. The number of ketones is 1. The normalized spacial score (nSPS) is 23.9. The average molecular weight is 847 g/mol. The zero-order valence-corrected chi connectivity index (χ0v) is 34.4. The van der Waals surface area contributed by atoms with Gasteiger partial charge in [-0.05, 0) is 89.6 Å². The highest BCUT2D eigenvalue weighted by Gasteiger charge is 2.58. The Morgan fingerprint density at radius 3 is 2.68 bits per heavy atom. The van der Waals surface area contributed by atoms with Crippen LogP contribution in [0.1, 0.15) is 86.6 Å². The predicted molar refractivity (Wildman–Crippen MR) is 226 cm³/mol. The molecule has 1 amide bonds. The number of amides is 1. The third-order valence-electron chi connectivity index (χ3n) is 12.9. The number of rotatable bonds is 10. The molecule has 0 spiro atoms. The number of methoxy groups -OCH3 is 1. The number of aromatic amines is 1. The molecule has 324 valence electrons. The first kappa shape index (κ1) is 41.7. The van der Waals surface area contributed by atoms with Crippen molar-refractivity contribution in [1.82, 2.24) is 9.88 Å². The maximum atomic E-state index is 14.6. The molecule has 14 nitrogen and oxygen atoms in total. The van der Waals surface area contributed by atoms with Crippen LogP contribution in [0.3, 0.4) is 0 Å². The number of Topliss-reactive ketones (excluding diaryl/α,β-unsaturated/α-hetero) is 1. The Kier molecular flexibility index (Phi) is 11.6. The average Bonchev–Trinajstić information content (AvgIpc) is 4.03. The molecule has 14 heteroatoms. The third-order valence-corrected chi connectivity index (χ3v) is 12.9. The number of aryl methyl sites for hydroxylation is 1. The van der Waals surface area contributed by atoms with Gasteiger partial charge in [0, 0.05) is 53.9 Å². The Morgan fingerprint density at radius 2 is 1.89 bits per heavy atom. The number of H-pyrrole nitrogens is 1. The quantitative estimate of drug-likeness (QED) is 0.106. The first-order chi connectivity index (χ1) is 30.1. The van der Waals surface area contributed by atoms with Gasteiger partial charge >= 0.3 is 0 Å². The molecule has 1 saturated carbocycles. The maximum Gasteiger partial charge on any atom is 0.254 e. The standard InChI is InChI=1S/C48H50N2O12/c1-58-32-18-30-19-35(28-8-2-3-9-28)42-38(53)23-50-22-36-29(10-4-12-33(36)46(50)56)11-6-16-60-45-43(54)40(62-47(48(45,57)26-52)61-39(20-32)41(30)44(42)55)25-59-24-31-21-49-37-14-13-27(7-5-15-51)17-34(31)37/h4,10,12-14,17-21,28,40,43,45,47,49,51-52,54-55,57H,2-3,5,7-9,11,15,22-26H2,1H3. The Morgan fingerprint density at radius 1 is 1.05 bits per heavy atom. The number of aliphatic hydroxyl groups excluding tert-OH is 3. The number of hydrogen-bond acceptors (Lipinski definition) is 12. The number of phenols is 1. The van der Waals surface area contributed by atoms with Gasteiger partial charge in [-0.1, -0.05) is 37.0 Å². The van der Waals surface area contributed by atoms with Crippen molar-refractivity contribution >= 4 is 33.4 Å². The van der Waals surface area contributed by atoms with Crippen molar-refractivity contribution in [2.75, 3.05) is 33.5 Å². The number of aliphatic hydroxyl groups is 4. The lowest BCUT2D eigenvalue weighted by molar-refractivity contribution is -0.327. The Bertz CT molecular complexity index is 2590. The molecule has 6 bridgehead atoms. The number of carbonyl (C=O) groups is 2. The van der Waals surface area contributed by atoms with Gasteiger partial charge in [-0.2, -0.15) is 0 Å². The lowest BCUT2D eigenvalue weighted by atomic mass is 9.86. The summed E-state index contributed by atoms with van der Waals surface area (Å²) in [5.41, 5.74) is 3.03. The van der Waals surface area contributed by atoms with Crippen LogP contribution in [0.5, 0.6) is 17.2 Å². The van der Waals surface area contributed by atoms with E-state index in [1.54, 1.807) is 18.2 Å². The zero-order valence-electron chi connectivity index (χ0n) is 34.4. The van der Waals surface area contributed by atoms with E-state index in [-0.39, 0.29) is 73.6 Å². The second-order valence-corrected chi connectivity index (χ2v) is 16.7. The van der Waals surface area contributed by atoms with Crippen LogP contribution in [0.2, 0.25) is 0 Å². The summed E-state index contributed by atoms with van der Waals surface area (Å²) in [5.74, 6) is 2.09.